The Bertz CT molecular complexity index is 576. The lowest BCUT2D eigenvalue weighted by atomic mass is 10.1. The van der Waals surface area contributed by atoms with Gasteiger partial charge in [-0.15, -0.1) is 0 Å². The van der Waals surface area contributed by atoms with E-state index in [0.29, 0.717) is 31.7 Å². The van der Waals surface area contributed by atoms with Crippen molar-refractivity contribution in [2.45, 2.75) is 13.0 Å². The van der Waals surface area contributed by atoms with Gasteiger partial charge >= 0.3 is 6.03 Å². The van der Waals surface area contributed by atoms with Crippen molar-refractivity contribution in [1.29, 1.82) is 0 Å². The topological polar surface area (TPSA) is 52.7 Å². The van der Waals surface area contributed by atoms with E-state index in [4.69, 9.17) is 0 Å². The van der Waals surface area contributed by atoms with Gasteiger partial charge in [-0.3, -0.25) is 4.79 Å². The van der Waals surface area contributed by atoms with Gasteiger partial charge in [0.05, 0.1) is 6.04 Å². The van der Waals surface area contributed by atoms with Gasteiger partial charge in [-0.05, 0) is 24.6 Å². The number of carbonyl (C=O) groups is 2. The van der Waals surface area contributed by atoms with Crippen LogP contribution in [0.3, 0.4) is 0 Å². The first-order valence-electron chi connectivity index (χ1n) is 6.66. The zero-order valence-electron chi connectivity index (χ0n) is 11.2. The molecule has 6 heteroatoms. The summed E-state index contributed by atoms with van der Waals surface area (Å²) < 4.78 is 0.944. The van der Waals surface area contributed by atoms with Gasteiger partial charge in [0.1, 0.15) is 0 Å². The third-order valence-electron chi connectivity index (χ3n) is 3.94. The van der Waals surface area contributed by atoms with Crippen LogP contribution >= 0.6 is 15.9 Å². The first-order chi connectivity index (χ1) is 9.56. The second kappa shape index (κ2) is 5.09. The summed E-state index contributed by atoms with van der Waals surface area (Å²) >= 11 is 3.46. The van der Waals surface area contributed by atoms with Crippen molar-refractivity contribution < 1.29 is 9.59 Å². The number of hydrogen-bond acceptors (Lipinski definition) is 2. The summed E-state index contributed by atoms with van der Waals surface area (Å²) in [6, 6.07) is 5.75. The van der Waals surface area contributed by atoms with Crippen LogP contribution < -0.4 is 5.32 Å². The molecule has 1 unspecified atom stereocenters. The molecule has 106 valence electrons. The highest BCUT2D eigenvalue weighted by Crippen LogP contribution is 2.21. The number of halogens is 1. The molecule has 2 aliphatic rings. The minimum absolute atomic E-state index is 0.0137. The first kappa shape index (κ1) is 13.4. The minimum atomic E-state index is -0.0137. The molecule has 1 atom stereocenters. The molecule has 2 heterocycles. The highest BCUT2D eigenvalue weighted by atomic mass is 79.9. The van der Waals surface area contributed by atoms with E-state index in [9.17, 15) is 9.59 Å². The normalized spacial score (nSPS) is 21.7. The fraction of sp³-hybridized carbons (Fsp3) is 0.429. The summed E-state index contributed by atoms with van der Waals surface area (Å²) in [5.41, 5.74) is 1.80. The number of nitrogens with zero attached hydrogens (tertiary/aromatic N) is 2. The van der Waals surface area contributed by atoms with Crippen LogP contribution in [0.4, 0.5) is 4.79 Å². The SMILES string of the molecule is Cc1ccc(C(=O)N2CCN3C(=O)NCC3C2)cc1Br. The number of nitrogens with one attached hydrogen (secondary N) is 1. The maximum atomic E-state index is 12.5. The number of aryl methyl sites for hydroxylation is 1. The van der Waals surface area contributed by atoms with Crippen molar-refractivity contribution in [3.8, 4) is 0 Å². The highest BCUT2D eigenvalue weighted by Gasteiger charge is 2.37. The van der Waals surface area contributed by atoms with Crippen LogP contribution in [0.5, 0.6) is 0 Å². The average molecular weight is 338 g/mol. The van der Waals surface area contributed by atoms with Gasteiger partial charge in [0.25, 0.3) is 5.91 Å². The van der Waals surface area contributed by atoms with E-state index in [-0.39, 0.29) is 18.0 Å². The lowest BCUT2D eigenvalue weighted by Gasteiger charge is -2.36. The van der Waals surface area contributed by atoms with Crippen molar-refractivity contribution in [3.05, 3.63) is 33.8 Å². The molecule has 3 amide bonds. The molecule has 3 rings (SSSR count). The van der Waals surface area contributed by atoms with Gasteiger partial charge < -0.3 is 15.1 Å². The Morgan fingerprint density at radius 1 is 1.40 bits per heavy atom. The second-order valence-corrected chi connectivity index (χ2v) is 6.10. The van der Waals surface area contributed by atoms with E-state index in [2.05, 4.69) is 21.2 Å². The van der Waals surface area contributed by atoms with E-state index in [0.717, 1.165) is 10.0 Å². The maximum Gasteiger partial charge on any atom is 0.317 e. The van der Waals surface area contributed by atoms with Crippen molar-refractivity contribution in [2.75, 3.05) is 26.2 Å². The Labute approximate surface area is 126 Å². The van der Waals surface area contributed by atoms with Gasteiger partial charge in [-0.25, -0.2) is 4.79 Å². The summed E-state index contributed by atoms with van der Waals surface area (Å²) in [5, 5.41) is 2.82. The fourth-order valence-corrected chi connectivity index (χ4v) is 3.08. The molecule has 20 heavy (non-hydrogen) atoms. The Morgan fingerprint density at radius 3 is 2.95 bits per heavy atom. The number of carbonyl (C=O) groups excluding carboxylic acids is 2. The monoisotopic (exact) mass is 337 g/mol. The number of urea groups is 1. The summed E-state index contributed by atoms with van der Waals surface area (Å²) in [6.07, 6.45) is 0. The Hall–Kier alpha value is -1.56. The highest BCUT2D eigenvalue weighted by molar-refractivity contribution is 9.10. The number of piperazine rings is 1. The molecule has 0 radical (unpaired) electrons. The van der Waals surface area contributed by atoms with Crippen LogP contribution in [0, 0.1) is 6.92 Å². The fourth-order valence-electron chi connectivity index (χ4n) is 2.70. The molecular weight excluding hydrogens is 322 g/mol. The zero-order chi connectivity index (χ0) is 14.3. The van der Waals surface area contributed by atoms with E-state index in [1.165, 1.54) is 0 Å². The van der Waals surface area contributed by atoms with Gasteiger partial charge in [-0.2, -0.15) is 0 Å². The van der Waals surface area contributed by atoms with Gasteiger partial charge in [0.15, 0.2) is 0 Å². The molecule has 2 fully saturated rings. The molecule has 2 aliphatic heterocycles. The molecule has 1 aromatic carbocycles. The molecule has 1 aromatic rings. The van der Waals surface area contributed by atoms with Crippen molar-refractivity contribution in [2.24, 2.45) is 0 Å². The molecule has 0 spiro atoms. The summed E-state index contributed by atoms with van der Waals surface area (Å²) in [4.78, 5) is 27.7. The summed E-state index contributed by atoms with van der Waals surface area (Å²) in [5.74, 6) is 0.0321. The van der Waals surface area contributed by atoms with Crippen LogP contribution in [0.25, 0.3) is 0 Å². The molecule has 0 aromatic heterocycles. The van der Waals surface area contributed by atoms with E-state index >= 15 is 0 Å². The molecule has 5 nitrogen and oxygen atoms in total. The number of amides is 3. The van der Waals surface area contributed by atoms with Gasteiger partial charge in [0.2, 0.25) is 0 Å². The smallest absolute Gasteiger partial charge is 0.317 e. The number of benzene rings is 1. The predicted octanol–water partition coefficient (Wildman–Crippen LogP) is 1.61. The van der Waals surface area contributed by atoms with Crippen LogP contribution in [-0.2, 0) is 0 Å². The quantitative estimate of drug-likeness (QED) is 0.846. The zero-order valence-corrected chi connectivity index (χ0v) is 12.8. The summed E-state index contributed by atoms with van der Waals surface area (Å²) in [6.45, 7) is 4.42. The standard InChI is InChI=1S/C14H16BrN3O2/c1-9-2-3-10(6-12(9)15)13(19)17-4-5-18-11(8-17)7-16-14(18)20/h2-3,6,11H,4-5,7-8H2,1H3,(H,16,20). The van der Waals surface area contributed by atoms with Crippen LogP contribution in [0.15, 0.2) is 22.7 Å². The van der Waals surface area contributed by atoms with Crippen LogP contribution in [-0.4, -0.2) is 54.0 Å². The number of fused-ring (bicyclic) bond motifs is 1. The molecule has 0 aliphatic carbocycles. The third-order valence-corrected chi connectivity index (χ3v) is 4.79. The molecule has 2 saturated heterocycles. The van der Waals surface area contributed by atoms with E-state index < -0.39 is 0 Å². The number of rotatable bonds is 1. The second-order valence-electron chi connectivity index (χ2n) is 5.25. The molecule has 0 bridgehead atoms. The van der Waals surface area contributed by atoms with Crippen molar-refractivity contribution in [3.63, 3.8) is 0 Å². The Balaban J connectivity index is 1.75. The largest absolute Gasteiger partial charge is 0.336 e. The molecular formula is C14H16BrN3O2. The lowest BCUT2D eigenvalue weighted by molar-refractivity contribution is 0.0617. The number of hydrogen-bond donors (Lipinski definition) is 1. The minimum Gasteiger partial charge on any atom is -0.336 e. The predicted molar refractivity (Wildman–Crippen MR) is 78.7 cm³/mol. The van der Waals surface area contributed by atoms with Crippen LogP contribution in [0.1, 0.15) is 15.9 Å². The average Bonchev–Trinajstić information content (AvgIpc) is 2.82. The molecule has 1 N–H and O–H groups in total. The van der Waals surface area contributed by atoms with Crippen LogP contribution in [0.2, 0.25) is 0 Å². The maximum absolute atomic E-state index is 12.5. The molecule has 0 saturated carbocycles. The summed E-state index contributed by atoms with van der Waals surface area (Å²) in [7, 11) is 0. The van der Waals surface area contributed by atoms with E-state index in [1.54, 1.807) is 0 Å². The van der Waals surface area contributed by atoms with Crippen molar-refractivity contribution in [1.82, 2.24) is 15.1 Å². The van der Waals surface area contributed by atoms with Gasteiger partial charge in [-0.1, -0.05) is 22.0 Å². The van der Waals surface area contributed by atoms with Crippen molar-refractivity contribution >= 4 is 27.9 Å². The first-order valence-corrected chi connectivity index (χ1v) is 7.45. The lowest BCUT2D eigenvalue weighted by Crippen LogP contribution is -2.53. The van der Waals surface area contributed by atoms with Gasteiger partial charge in [0, 0.05) is 36.2 Å². The van der Waals surface area contributed by atoms with E-state index in [1.807, 2.05) is 34.9 Å². The third kappa shape index (κ3) is 2.28. The Morgan fingerprint density at radius 2 is 2.20 bits per heavy atom. The Kier molecular flexibility index (Phi) is 3.41.